The maximum absolute atomic E-state index is 12.8. The van der Waals surface area contributed by atoms with Crippen molar-refractivity contribution in [2.75, 3.05) is 38.7 Å². The molecule has 0 saturated carbocycles. The SMILES string of the molecule is COc1ccccc1CCN(C)CCCCC(=O)c1cc2c3c(c1)CCN3C(=O)CC2.Cl. The predicted molar refractivity (Wildman–Crippen MR) is 130 cm³/mol. The van der Waals surface area contributed by atoms with Crippen LogP contribution in [0.2, 0.25) is 0 Å². The molecule has 6 heteroatoms. The van der Waals surface area contributed by atoms with E-state index in [1.54, 1.807) is 7.11 Å². The molecule has 1 amide bonds. The minimum atomic E-state index is 0. The molecule has 0 radical (unpaired) electrons. The van der Waals surface area contributed by atoms with Crippen LogP contribution in [0.4, 0.5) is 5.69 Å². The highest BCUT2D eigenvalue weighted by Crippen LogP contribution is 2.37. The number of ketones is 1. The number of anilines is 1. The zero-order chi connectivity index (χ0) is 21.8. The summed E-state index contributed by atoms with van der Waals surface area (Å²) in [6.45, 7) is 2.71. The van der Waals surface area contributed by atoms with Crippen molar-refractivity contribution in [2.24, 2.45) is 0 Å². The lowest BCUT2D eigenvalue weighted by Gasteiger charge is -2.25. The second kappa shape index (κ2) is 11.0. The van der Waals surface area contributed by atoms with Crippen LogP contribution in [0.25, 0.3) is 0 Å². The van der Waals surface area contributed by atoms with Crippen molar-refractivity contribution in [2.45, 2.75) is 44.9 Å². The summed E-state index contributed by atoms with van der Waals surface area (Å²) in [5.41, 5.74) is 5.49. The molecular formula is C26H33ClN2O3. The van der Waals surface area contributed by atoms with Crippen LogP contribution >= 0.6 is 12.4 Å². The van der Waals surface area contributed by atoms with Crippen LogP contribution in [-0.4, -0.2) is 50.4 Å². The summed E-state index contributed by atoms with van der Waals surface area (Å²) in [4.78, 5) is 29.1. The number of carbonyl (C=O) groups excluding carboxylic acids is 2. The van der Waals surface area contributed by atoms with Crippen molar-refractivity contribution in [3.63, 3.8) is 0 Å². The molecule has 32 heavy (non-hydrogen) atoms. The van der Waals surface area contributed by atoms with Gasteiger partial charge in [0.2, 0.25) is 5.91 Å². The van der Waals surface area contributed by atoms with Gasteiger partial charge in [-0.15, -0.1) is 12.4 Å². The highest BCUT2D eigenvalue weighted by molar-refractivity contribution is 6.02. The third kappa shape index (κ3) is 5.33. The molecule has 2 aliphatic rings. The number of methoxy groups -OCH3 is 1. The minimum absolute atomic E-state index is 0. The zero-order valence-corrected chi connectivity index (χ0v) is 19.9. The Bertz CT molecular complexity index is 976. The molecule has 0 aliphatic carbocycles. The van der Waals surface area contributed by atoms with E-state index >= 15 is 0 Å². The monoisotopic (exact) mass is 456 g/mol. The predicted octanol–water partition coefficient (Wildman–Crippen LogP) is 4.48. The molecule has 0 unspecified atom stereocenters. The second-order valence-electron chi connectivity index (χ2n) is 8.68. The maximum Gasteiger partial charge on any atom is 0.227 e. The third-order valence-corrected chi connectivity index (χ3v) is 6.52. The fourth-order valence-corrected chi connectivity index (χ4v) is 4.76. The largest absolute Gasteiger partial charge is 0.496 e. The van der Waals surface area contributed by atoms with Crippen LogP contribution < -0.4 is 9.64 Å². The number of Topliss-reactive ketones (excluding diaryl/α,β-unsaturated/α-hetero) is 1. The first kappa shape index (κ1) is 24.3. The number of benzene rings is 2. The van der Waals surface area contributed by atoms with E-state index in [1.165, 1.54) is 16.7 Å². The summed E-state index contributed by atoms with van der Waals surface area (Å²) in [7, 11) is 3.85. The van der Waals surface area contributed by atoms with E-state index in [0.29, 0.717) is 12.8 Å². The molecule has 0 atom stereocenters. The van der Waals surface area contributed by atoms with Gasteiger partial charge in [-0.25, -0.2) is 0 Å². The summed E-state index contributed by atoms with van der Waals surface area (Å²) in [5.74, 6) is 1.40. The van der Waals surface area contributed by atoms with Gasteiger partial charge < -0.3 is 14.5 Å². The number of para-hydroxylation sites is 1. The van der Waals surface area contributed by atoms with E-state index < -0.39 is 0 Å². The van der Waals surface area contributed by atoms with E-state index in [-0.39, 0.29) is 24.1 Å². The molecular weight excluding hydrogens is 424 g/mol. The highest BCUT2D eigenvalue weighted by Gasteiger charge is 2.31. The molecule has 0 N–H and O–H groups in total. The highest BCUT2D eigenvalue weighted by atomic mass is 35.5. The van der Waals surface area contributed by atoms with Gasteiger partial charge >= 0.3 is 0 Å². The lowest BCUT2D eigenvalue weighted by Crippen LogP contribution is -2.32. The number of unbranched alkanes of at least 4 members (excludes halogenated alkanes) is 1. The molecule has 0 bridgehead atoms. The molecule has 4 rings (SSSR count). The third-order valence-electron chi connectivity index (χ3n) is 6.52. The van der Waals surface area contributed by atoms with E-state index in [2.05, 4.69) is 18.0 Å². The van der Waals surface area contributed by atoms with Crippen LogP contribution in [0.5, 0.6) is 5.75 Å². The minimum Gasteiger partial charge on any atom is -0.496 e. The van der Waals surface area contributed by atoms with Crippen molar-refractivity contribution in [1.29, 1.82) is 0 Å². The molecule has 2 heterocycles. The van der Waals surface area contributed by atoms with Crippen LogP contribution in [0.15, 0.2) is 36.4 Å². The van der Waals surface area contributed by atoms with Gasteiger partial charge in [0.05, 0.1) is 12.8 Å². The fraction of sp³-hybridized carbons (Fsp3) is 0.462. The topological polar surface area (TPSA) is 49.9 Å². The Morgan fingerprint density at radius 2 is 1.81 bits per heavy atom. The fourth-order valence-electron chi connectivity index (χ4n) is 4.76. The Kier molecular flexibility index (Phi) is 8.32. The molecule has 2 aromatic rings. The summed E-state index contributed by atoms with van der Waals surface area (Å²) in [5, 5.41) is 0. The van der Waals surface area contributed by atoms with E-state index in [0.717, 1.165) is 68.7 Å². The quantitative estimate of drug-likeness (QED) is 0.390. The van der Waals surface area contributed by atoms with Crippen LogP contribution in [0, 0.1) is 0 Å². The summed E-state index contributed by atoms with van der Waals surface area (Å²) >= 11 is 0. The molecule has 0 saturated heterocycles. The van der Waals surface area contributed by atoms with Gasteiger partial charge in [0.15, 0.2) is 5.78 Å². The Morgan fingerprint density at radius 1 is 1.06 bits per heavy atom. The number of rotatable bonds is 10. The number of ether oxygens (including phenoxy) is 1. The van der Waals surface area contributed by atoms with E-state index in [4.69, 9.17) is 4.74 Å². The van der Waals surface area contributed by atoms with Crippen molar-refractivity contribution < 1.29 is 14.3 Å². The van der Waals surface area contributed by atoms with Crippen molar-refractivity contribution in [1.82, 2.24) is 4.90 Å². The number of aryl methyl sites for hydroxylation is 1. The molecule has 0 spiro atoms. The first-order valence-corrected chi connectivity index (χ1v) is 11.4. The average molecular weight is 457 g/mol. The zero-order valence-electron chi connectivity index (χ0n) is 19.1. The van der Waals surface area contributed by atoms with Gasteiger partial charge in [-0.1, -0.05) is 18.2 Å². The van der Waals surface area contributed by atoms with Gasteiger partial charge in [0, 0.05) is 31.5 Å². The van der Waals surface area contributed by atoms with Gasteiger partial charge in [-0.3, -0.25) is 9.59 Å². The Morgan fingerprint density at radius 3 is 2.59 bits per heavy atom. The van der Waals surface area contributed by atoms with Gasteiger partial charge in [-0.2, -0.15) is 0 Å². The van der Waals surface area contributed by atoms with Crippen molar-refractivity contribution >= 4 is 29.8 Å². The standard InChI is InChI=1S/C26H32N2O3.ClH/c1-27(15-12-19-7-3-4-9-24(19)31-2)14-6-5-8-23(29)22-17-20-10-11-25(30)28-16-13-21(18-22)26(20)28;/h3-4,7,9,17-18H,5-6,8,10-16H2,1-2H3;1H. The first-order valence-electron chi connectivity index (χ1n) is 11.4. The summed E-state index contributed by atoms with van der Waals surface area (Å²) in [6.07, 6.45) is 5.63. The van der Waals surface area contributed by atoms with Crippen LogP contribution in [-0.2, 0) is 24.1 Å². The Labute approximate surface area is 197 Å². The van der Waals surface area contributed by atoms with E-state index in [9.17, 15) is 9.59 Å². The number of halogens is 1. The van der Waals surface area contributed by atoms with E-state index in [1.807, 2.05) is 35.2 Å². The van der Waals surface area contributed by atoms with Crippen molar-refractivity contribution in [3.8, 4) is 5.75 Å². The molecule has 0 fully saturated rings. The lowest BCUT2D eigenvalue weighted by molar-refractivity contribution is -0.118. The smallest absolute Gasteiger partial charge is 0.227 e. The lowest BCUT2D eigenvalue weighted by atomic mass is 9.94. The number of likely N-dealkylation sites (N-methyl/N-ethyl adjacent to an activating group) is 1. The summed E-state index contributed by atoms with van der Waals surface area (Å²) < 4.78 is 5.43. The molecule has 2 aliphatic heterocycles. The molecule has 5 nitrogen and oxygen atoms in total. The normalized spacial score (nSPS) is 14.3. The second-order valence-corrected chi connectivity index (χ2v) is 8.68. The molecule has 0 aromatic heterocycles. The number of hydrogen-bond acceptors (Lipinski definition) is 4. The van der Waals surface area contributed by atoms with Crippen LogP contribution in [0.3, 0.4) is 0 Å². The average Bonchev–Trinajstić information content (AvgIpc) is 3.23. The maximum atomic E-state index is 12.8. The van der Waals surface area contributed by atoms with Gasteiger partial charge in [-0.05, 0) is 80.6 Å². The van der Waals surface area contributed by atoms with Gasteiger partial charge in [0.1, 0.15) is 5.75 Å². The van der Waals surface area contributed by atoms with Crippen LogP contribution in [0.1, 0.15) is 52.7 Å². The number of amides is 1. The number of nitrogens with zero attached hydrogens (tertiary/aromatic N) is 2. The van der Waals surface area contributed by atoms with Gasteiger partial charge in [0.25, 0.3) is 0 Å². The first-order chi connectivity index (χ1) is 15.1. The Hall–Kier alpha value is -2.37. The summed E-state index contributed by atoms with van der Waals surface area (Å²) in [6, 6.07) is 12.2. The number of carbonyl (C=O) groups is 2. The Balaban J connectivity index is 0.00000289. The number of hydrogen-bond donors (Lipinski definition) is 0. The molecule has 2 aromatic carbocycles. The van der Waals surface area contributed by atoms with Crippen molar-refractivity contribution in [3.05, 3.63) is 58.7 Å². The molecule has 172 valence electrons.